The van der Waals surface area contributed by atoms with Gasteiger partial charge in [-0.15, -0.1) is 10.2 Å². The Balaban J connectivity index is 1.88. The molecule has 0 atom stereocenters. The van der Waals surface area contributed by atoms with E-state index < -0.39 is 4.92 Å². The van der Waals surface area contributed by atoms with Crippen molar-refractivity contribution in [3.05, 3.63) is 95.0 Å². The van der Waals surface area contributed by atoms with E-state index in [1.165, 1.54) is 12.1 Å². The monoisotopic (exact) mass is 385 g/mol. The second-order valence-electron chi connectivity index (χ2n) is 6.07. The fourth-order valence-electron chi connectivity index (χ4n) is 2.90. The summed E-state index contributed by atoms with van der Waals surface area (Å²) in [5.74, 6) is 0.231. The lowest BCUT2D eigenvalue weighted by molar-refractivity contribution is -0.384. The fourth-order valence-corrected chi connectivity index (χ4v) is 2.90. The molecule has 0 radical (unpaired) electrons. The number of hydrogen-bond acceptors (Lipinski definition) is 6. The van der Waals surface area contributed by atoms with Gasteiger partial charge in [-0.25, -0.2) is 0 Å². The molecule has 0 spiro atoms. The van der Waals surface area contributed by atoms with Gasteiger partial charge in [0.25, 0.3) is 11.6 Å². The van der Waals surface area contributed by atoms with Crippen LogP contribution in [0.3, 0.4) is 0 Å². The van der Waals surface area contributed by atoms with Crippen molar-refractivity contribution in [1.82, 2.24) is 9.55 Å². The summed E-state index contributed by atoms with van der Waals surface area (Å²) < 4.78 is 1.66. The average Bonchev–Trinajstić information content (AvgIpc) is 3.09. The highest BCUT2D eigenvalue weighted by Gasteiger charge is 2.20. The minimum Gasteiger partial charge on any atom is -0.491 e. The van der Waals surface area contributed by atoms with Crippen molar-refractivity contribution in [2.75, 3.05) is 0 Å². The van der Waals surface area contributed by atoms with Crippen LogP contribution in [0.5, 0.6) is 5.88 Å². The van der Waals surface area contributed by atoms with Crippen LogP contribution in [0.4, 0.5) is 17.2 Å². The third-order valence-electron chi connectivity index (χ3n) is 4.21. The average molecular weight is 385 g/mol. The quantitative estimate of drug-likeness (QED) is 0.275. The lowest BCUT2D eigenvalue weighted by Gasteiger charge is -2.09. The molecule has 8 nitrogen and oxygen atoms in total. The molecular formula is C21H15N5O3. The van der Waals surface area contributed by atoms with Gasteiger partial charge in [0.2, 0.25) is 5.82 Å². The standard InChI is InChI=1S/C21H15N5O3/c27-21-20(24-23-17-13-7-8-14-18(17)26(28)29)25(16-11-5-2-6-12-16)19(22-21)15-9-3-1-4-10-15/h1-14,27H. The summed E-state index contributed by atoms with van der Waals surface area (Å²) in [4.78, 5) is 14.9. The zero-order valence-corrected chi connectivity index (χ0v) is 15.1. The molecule has 1 N–H and O–H groups in total. The molecule has 0 fully saturated rings. The molecule has 0 aliphatic heterocycles. The van der Waals surface area contributed by atoms with Gasteiger partial charge in [0, 0.05) is 17.3 Å². The van der Waals surface area contributed by atoms with Gasteiger partial charge in [-0.05, 0) is 18.2 Å². The van der Waals surface area contributed by atoms with Crippen LogP contribution in [0.1, 0.15) is 0 Å². The van der Waals surface area contributed by atoms with E-state index in [2.05, 4.69) is 15.2 Å². The second kappa shape index (κ2) is 7.73. The number of azo groups is 1. The first-order valence-corrected chi connectivity index (χ1v) is 8.73. The van der Waals surface area contributed by atoms with Crippen LogP contribution in [0, 0.1) is 10.1 Å². The molecule has 0 aliphatic rings. The molecule has 8 heteroatoms. The molecule has 4 aromatic rings. The van der Waals surface area contributed by atoms with E-state index in [1.54, 1.807) is 16.7 Å². The van der Waals surface area contributed by atoms with Crippen molar-refractivity contribution >= 4 is 17.2 Å². The van der Waals surface area contributed by atoms with Crippen LogP contribution in [0.15, 0.2) is 95.2 Å². The van der Waals surface area contributed by atoms with Gasteiger partial charge in [0.1, 0.15) is 5.82 Å². The zero-order valence-electron chi connectivity index (χ0n) is 15.1. The van der Waals surface area contributed by atoms with Gasteiger partial charge in [0.05, 0.1) is 4.92 Å². The fraction of sp³-hybridized carbons (Fsp3) is 0. The highest BCUT2D eigenvalue weighted by atomic mass is 16.6. The van der Waals surface area contributed by atoms with E-state index in [0.717, 1.165) is 11.3 Å². The van der Waals surface area contributed by atoms with Crippen molar-refractivity contribution in [3.63, 3.8) is 0 Å². The number of aromatic nitrogens is 2. The molecule has 0 unspecified atom stereocenters. The number of nitro benzene ring substituents is 1. The maximum absolute atomic E-state index is 11.2. The summed E-state index contributed by atoms with van der Waals surface area (Å²) in [7, 11) is 0. The molecule has 0 saturated heterocycles. The highest BCUT2D eigenvalue weighted by Crippen LogP contribution is 2.37. The van der Waals surface area contributed by atoms with E-state index >= 15 is 0 Å². The van der Waals surface area contributed by atoms with Crippen LogP contribution in [0.25, 0.3) is 17.1 Å². The van der Waals surface area contributed by atoms with Gasteiger partial charge in [-0.2, -0.15) is 4.98 Å². The first-order valence-electron chi connectivity index (χ1n) is 8.73. The van der Waals surface area contributed by atoms with Crippen LogP contribution in [-0.4, -0.2) is 19.6 Å². The smallest absolute Gasteiger partial charge is 0.296 e. The maximum Gasteiger partial charge on any atom is 0.296 e. The molecule has 1 heterocycles. The summed E-state index contributed by atoms with van der Waals surface area (Å²) >= 11 is 0. The Hall–Kier alpha value is -4.33. The van der Waals surface area contributed by atoms with Crippen LogP contribution >= 0.6 is 0 Å². The molecule has 0 aliphatic carbocycles. The largest absolute Gasteiger partial charge is 0.491 e. The number of rotatable bonds is 5. The van der Waals surface area contributed by atoms with Gasteiger partial charge in [-0.3, -0.25) is 14.7 Å². The second-order valence-corrected chi connectivity index (χ2v) is 6.07. The minimum atomic E-state index is -0.530. The lowest BCUT2D eigenvalue weighted by Crippen LogP contribution is -1.96. The Kier molecular flexibility index (Phi) is 4.81. The number of aromatic hydroxyl groups is 1. The topological polar surface area (TPSA) is 106 Å². The van der Waals surface area contributed by atoms with E-state index in [0.29, 0.717) is 5.82 Å². The van der Waals surface area contributed by atoms with Crippen LogP contribution in [-0.2, 0) is 0 Å². The Morgan fingerprint density at radius 1 is 0.862 bits per heavy atom. The molecule has 0 bridgehead atoms. The number of benzene rings is 3. The third kappa shape index (κ3) is 3.59. The molecular weight excluding hydrogens is 370 g/mol. The molecule has 1 aromatic heterocycles. The van der Waals surface area contributed by atoms with Crippen molar-refractivity contribution in [2.45, 2.75) is 0 Å². The highest BCUT2D eigenvalue weighted by molar-refractivity contribution is 5.66. The summed E-state index contributed by atoms with van der Waals surface area (Å²) in [6.07, 6.45) is 0. The Bertz CT molecular complexity index is 1190. The number of imidazole rings is 1. The summed E-state index contributed by atoms with van der Waals surface area (Å²) in [6.45, 7) is 0. The predicted molar refractivity (Wildman–Crippen MR) is 108 cm³/mol. The zero-order chi connectivity index (χ0) is 20.2. The lowest BCUT2D eigenvalue weighted by atomic mass is 10.2. The first kappa shape index (κ1) is 18.1. The Labute approximate surface area is 165 Å². The van der Waals surface area contributed by atoms with E-state index in [1.807, 2.05) is 60.7 Å². The number of hydrogen-bond donors (Lipinski definition) is 1. The molecule has 0 amide bonds. The van der Waals surface area contributed by atoms with Gasteiger partial charge in [-0.1, -0.05) is 60.7 Å². The van der Waals surface area contributed by atoms with Crippen molar-refractivity contribution in [3.8, 4) is 23.0 Å². The van der Waals surface area contributed by atoms with Gasteiger partial charge < -0.3 is 5.11 Å². The number of nitro groups is 1. The summed E-state index contributed by atoms with van der Waals surface area (Å²) in [6, 6.07) is 24.6. The van der Waals surface area contributed by atoms with Crippen LogP contribution in [0.2, 0.25) is 0 Å². The number of nitrogens with zero attached hydrogens (tertiary/aromatic N) is 5. The minimum absolute atomic E-state index is 0.0770. The van der Waals surface area contributed by atoms with E-state index in [-0.39, 0.29) is 23.1 Å². The molecule has 0 saturated carbocycles. The molecule has 4 rings (SSSR count). The first-order chi connectivity index (χ1) is 14.1. The molecule has 29 heavy (non-hydrogen) atoms. The summed E-state index contributed by atoms with van der Waals surface area (Å²) in [5.41, 5.74) is 1.40. The maximum atomic E-state index is 11.2. The Morgan fingerprint density at radius 3 is 2.17 bits per heavy atom. The van der Waals surface area contributed by atoms with Crippen molar-refractivity contribution in [1.29, 1.82) is 0 Å². The van der Waals surface area contributed by atoms with E-state index in [4.69, 9.17) is 0 Å². The van der Waals surface area contributed by atoms with Gasteiger partial charge >= 0.3 is 0 Å². The third-order valence-corrected chi connectivity index (χ3v) is 4.21. The molecule has 3 aromatic carbocycles. The number of para-hydroxylation sites is 2. The van der Waals surface area contributed by atoms with Crippen LogP contribution < -0.4 is 0 Å². The predicted octanol–water partition coefficient (Wildman–Crippen LogP) is 5.57. The van der Waals surface area contributed by atoms with Gasteiger partial charge in [0.15, 0.2) is 5.69 Å². The van der Waals surface area contributed by atoms with E-state index in [9.17, 15) is 15.2 Å². The normalized spacial score (nSPS) is 11.0. The Morgan fingerprint density at radius 2 is 1.48 bits per heavy atom. The van der Waals surface area contributed by atoms with Crippen molar-refractivity contribution in [2.24, 2.45) is 10.2 Å². The SMILES string of the molecule is O=[N+]([O-])c1ccccc1N=Nc1c(O)nc(-c2ccccc2)n1-c1ccccc1. The van der Waals surface area contributed by atoms with Crippen molar-refractivity contribution < 1.29 is 10.0 Å². The molecule has 142 valence electrons. The summed E-state index contributed by atoms with van der Waals surface area (Å²) in [5, 5.41) is 29.8.